The van der Waals surface area contributed by atoms with Crippen molar-refractivity contribution < 1.29 is 19.4 Å². The zero-order valence-electron chi connectivity index (χ0n) is 20.2. The van der Waals surface area contributed by atoms with Crippen LogP contribution in [-0.2, 0) is 24.9 Å². The van der Waals surface area contributed by atoms with Gasteiger partial charge < -0.3 is 14.6 Å². The molecule has 10 heteroatoms. The van der Waals surface area contributed by atoms with Gasteiger partial charge in [-0.3, -0.25) is 4.79 Å². The van der Waals surface area contributed by atoms with Gasteiger partial charge in [-0.25, -0.2) is 19.6 Å². The van der Waals surface area contributed by atoms with Crippen molar-refractivity contribution in [3.8, 4) is 23.0 Å². The smallest absolute Gasteiger partial charge is 0.306 e. The average molecular weight is 479 g/mol. The van der Waals surface area contributed by atoms with Crippen molar-refractivity contribution in [1.82, 2.24) is 29.9 Å². The van der Waals surface area contributed by atoms with Crippen molar-refractivity contribution in [2.75, 3.05) is 0 Å². The number of hydrogen-bond donors (Lipinski definition) is 1. The maximum absolute atomic E-state index is 11.5. The third kappa shape index (κ3) is 4.69. The number of carboxylic acid groups (broad SMARTS) is 1. The van der Waals surface area contributed by atoms with Crippen LogP contribution in [0.2, 0.25) is 0 Å². The number of carbonyl (C=O) groups is 1. The Morgan fingerprint density at radius 3 is 2.86 bits per heavy atom. The van der Waals surface area contributed by atoms with E-state index in [0.717, 1.165) is 54.9 Å². The Hall–Kier alpha value is -3.56. The van der Waals surface area contributed by atoms with Crippen molar-refractivity contribution in [2.24, 2.45) is 24.8 Å². The first-order chi connectivity index (χ1) is 16.9. The second-order valence-corrected chi connectivity index (χ2v) is 9.44. The van der Waals surface area contributed by atoms with E-state index in [4.69, 9.17) is 14.5 Å². The topological polar surface area (TPSA) is 125 Å². The highest BCUT2D eigenvalue weighted by Gasteiger charge is 2.47. The third-order valence-electron chi connectivity index (χ3n) is 7.32. The molecule has 35 heavy (non-hydrogen) atoms. The predicted octanol–water partition coefficient (Wildman–Crippen LogP) is 3.39. The molecule has 0 saturated heterocycles. The first kappa shape index (κ1) is 23.2. The Morgan fingerprint density at radius 2 is 2.09 bits per heavy atom. The lowest BCUT2D eigenvalue weighted by atomic mass is 9.92. The summed E-state index contributed by atoms with van der Waals surface area (Å²) in [5, 5.41) is 18.0. The molecule has 184 valence electrons. The number of rotatable bonds is 8. The molecule has 4 atom stereocenters. The van der Waals surface area contributed by atoms with Gasteiger partial charge in [-0.15, -0.1) is 5.10 Å². The molecule has 10 nitrogen and oxygen atoms in total. The Kier molecular flexibility index (Phi) is 6.36. The molecule has 3 aromatic rings. The highest BCUT2D eigenvalue weighted by molar-refractivity contribution is 5.71. The number of fused-ring (bicyclic) bond motifs is 1. The van der Waals surface area contributed by atoms with E-state index < -0.39 is 5.97 Å². The van der Waals surface area contributed by atoms with Gasteiger partial charge in [0.25, 0.3) is 0 Å². The van der Waals surface area contributed by atoms with Crippen LogP contribution in [0.5, 0.6) is 11.6 Å². The van der Waals surface area contributed by atoms with E-state index in [2.05, 4.69) is 20.3 Å². The molecule has 2 aliphatic carbocycles. The van der Waals surface area contributed by atoms with Gasteiger partial charge in [-0.1, -0.05) is 12.1 Å². The fourth-order valence-electron chi connectivity index (χ4n) is 5.45. The number of aliphatic carboxylic acids is 1. The Balaban J connectivity index is 1.28. The maximum atomic E-state index is 11.5. The molecule has 0 spiro atoms. The number of aromatic nitrogens is 6. The van der Waals surface area contributed by atoms with Crippen LogP contribution in [0.4, 0.5) is 0 Å². The van der Waals surface area contributed by atoms with Crippen LogP contribution in [0.15, 0.2) is 24.5 Å². The lowest BCUT2D eigenvalue weighted by molar-refractivity contribution is -0.143. The van der Waals surface area contributed by atoms with Crippen LogP contribution >= 0.6 is 0 Å². The summed E-state index contributed by atoms with van der Waals surface area (Å²) in [7, 11) is 1.82. The Labute approximate surface area is 203 Å². The van der Waals surface area contributed by atoms with Crippen molar-refractivity contribution in [1.29, 1.82) is 0 Å². The molecular weight excluding hydrogens is 448 g/mol. The van der Waals surface area contributed by atoms with Crippen molar-refractivity contribution in [3.05, 3.63) is 41.6 Å². The minimum absolute atomic E-state index is 0.0276. The summed E-state index contributed by atoms with van der Waals surface area (Å²) < 4.78 is 13.9. The van der Waals surface area contributed by atoms with Crippen LogP contribution in [-0.4, -0.2) is 47.1 Å². The second-order valence-electron chi connectivity index (χ2n) is 9.44. The molecule has 0 amide bonds. The van der Waals surface area contributed by atoms with Gasteiger partial charge in [0.2, 0.25) is 5.88 Å². The molecule has 2 saturated carbocycles. The third-order valence-corrected chi connectivity index (χ3v) is 7.32. The van der Waals surface area contributed by atoms with E-state index in [9.17, 15) is 9.90 Å². The standard InChI is InChI=1S/C25H30N6O4/c1-4-16-10-23(27-13-26-16)34-12-21-24(29-30-31(21)3)20-7-8-22(14(2)28-20)35-17-9-15-5-6-18(25(32)33)19(15)11-17/h7-8,10,13,15,17-19H,4-6,9,11-12H2,1-3H3,(H,32,33). The first-order valence-electron chi connectivity index (χ1n) is 12.1. The van der Waals surface area contributed by atoms with E-state index >= 15 is 0 Å². The fourth-order valence-corrected chi connectivity index (χ4v) is 5.45. The first-order valence-corrected chi connectivity index (χ1v) is 12.1. The van der Waals surface area contributed by atoms with Gasteiger partial charge in [0.05, 0.1) is 23.4 Å². The molecule has 0 bridgehead atoms. The summed E-state index contributed by atoms with van der Waals surface area (Å²) in [5.41, 5.74) is 3.79. The average Bonchev–Trinajstić information content (AvgIpc) is 3.53. The fraction of sp³-hybridized carbons (Fsp3) is 0.520. The lowest BCUT2D eigenvalue weighted by Crippen LogP contribution is -2.21. The highest BCUT2D eigenvalue weighted by Crippen LogP contribution is 2.48. The minimum atomic E-state index is -0.672. The molecule has 4 unspecified atom stereocenters. The molecule has 2 aliphatic rings. The van der Waals surface area contributed by atoms with E-state index in [0.29, 0.717) is 23.2 Å². The Bertz CT molecular complexity index is 1230. The van der Waals surface area contributed by atoms with Gasteiger partial charge in [0.15, 0.2) is 0 Å². The molecule has 0 aromatic carbocycles. The van der Waals surface area contributed by atoms with Crippen molar-refractivity contribution in [2.45, 2.75) is 58.7 Å². The summed E-state index contributed by atoms with van der Waals surface area (Å²) >= 11 is 0. The highest BCUT2D eigenvalue weighted by atomic mass is 16.5. The quantitative estimate of drug-likeness (QED) is 0.518. The van der Waals surface area contributed by atoms with E-state index in [1.165, 1.54) is 6.33 Å². The van der Waals surface area contributed by atoms with E-state index in [-0.39, 0.29) is 24.5 Å². The normalized spacial score (nSPS) is 23.3. The van der Waals surface area contributed by atoms with Crippen LogP contribution in [0.3, 0.4) is 0 Å². The number of pyridine rings is 1. The summed E-state index contributed by atoms with van der Waals surface area (Å²) in [4.78, 5) is 24.7. The van der Waals surface area contributed by atoms with E-state index in [1.807, 2.05) is 39.1 Å². The maximum Gasteiger partial charge on any atom is 0.306 e. The van der Waals surface area contributed by atoms with E-state index in [1.54, 1.807) is 4.68 Å². The van der Waals surface area contributed by atoms with Gasteiger partial charge in [-0.05, 0) is 63.0 Å². The number of aryl methyl sites for hydroxylation is 3. The molecule has 2 fully saturated rings. The zero-order valence-corrected chi connectivity index (χ0v) is 20.2. The largest absolute Gasteiger partial charge is 0.489 e. The SMILES string of the molecule is CCc1cc(OCc2c(-c3ccc(OC4CC5CCC(C(=O)O)C5C4)c(C)n3)nnn2C)ncn1. The minimum Gasteiger partial charge on any atom is -0.489 e. The predicted molar refractivity (Wildman–Crippen MR) is 126 cm³/mol. The van der Waals surface area contributed by atoms with Gasteiger partial charge in [0.1, 0.15) is 30.1 Å². The van der Waals surface area contributed by atoms with Crippen LogP contribution in [0.25, 0.3) is 11.4 Å². The number of carboxylic acids is 1. The Morgan fingerprint density at radius 1 is 1.23 bits per heavy atom. The molecule has 3 aromatic heterocycles. The number of ether oxygens (including phenoxy) is 2. The van der Waals surface area contributed by atoms with Gasteiger partial charge >= 0.3 is 5.97 Å². The summed E-state index contributed by atoms with van der Waals surface area (Å²) in [6.45, 7) is 4.18. The molecule has 3 heterocycles. The van der Waals surface area contributed by atoms with Gasteiger partial charge in [0, 0.05) is 18.8 Å². The van der Waals surface area contributed by atoms with Crippen LogP contribution < -0.4 is 9.47 Å². The summed E-state index contributed by atoms with van der Waals surface area (Å²) in [6, 6.07) is 5.62. The molecule has 1 N–H and O–H groups in total. The monoisotopic (exact) mass is 478 g/mol. The molecule has 0 aliphatic heterocycles. The number of hydrogen-bond acceptors (Lipinski definition) is 8. The summed E-state index contributed by atoms with van der Waals surface area (Å²) in [6.07, 6.45) is 5.79. The van der Waals surface area contributed by atoms with Crippen LogP contribution in [0.1, 0.15) is 49.7 Å². The molecule has 0 radical (unpaired) electrons. The van der Waals surface area contributed by atoms with Crippen LogP contribution in [0, 0.1) is 24.7 Å². The second kappa shape index (κ2) is 9.59. The van der Waals surface area contributed by atoms with Crippen molar-refractivity contribution in [3.63, 3.8) is 0 Å². The van der Waals surface area contributed by atoms with Gasteiger partial charge in [-0.2, -0.15) is 0 Å². The summed E-state index contributed by atoms with van der Waals surface area (Å²) in [5.74, 6) is 0.983. The van der Waals surface area contributed by atoms with Crippen molar-refractivity contribution >= 4 is 5.97 Å². The number of nitrogens with zero attached hydrogens (tertiary/aromatic N) is 6. The molecule has 5 rings (SSSR count). The zero-order chi connectivity index (χ0) is 24.5. The lowest BCUT2D eigenvalue weighted by Gasteiger charge is -2.18. The molecular formula is C25H30N6O4.